The number of benzene rings is 1. The molecule has 108 valence electrons. The summed E-state index contributed by atoms with van der Waals surface area (Å²) < 4.78 is 0. The van der Waals surface area contributed by atoms with Gasteiger partial charge in [-0.15, -0.1) is 0 Å². The number of hydrogen-bond acceptors (Lipinski definition) is 4. The monoisotopic (exact) mass is 272 g/mol. The van der Waals surface area contributed by atoms with Gasteiger partial charge in [0.25, 0.3) is 0 Å². The molecule has 0 unspecified atom stereocenters. The van der Waals surface area contributed by atoms with E-state index in [1.54, 1.807) is 0 Å². The van der Waals surface area contributed by atoms with Crippen molar-refractivity contribution in [3.8, 4) is 0 Å². The van der Waals surface area contributed by atoms with Crippen LogP contribution in [0.1, 0.15) is 20.3 Å². The van der Waals surface area contributed by atoms with Gasteiger partial charge < -0.3 is 16.0 Å². The molecule has 0 aliphatic heterocycles. The van der Waals surface area contributed by atoms with E-state index < -0.39 is 0 Å². The maximum atomic E-state index is 5.76. The molecule has 0 aliphatic rings. The predicted octanol–water partition coefficient (Wildman–Crippen LogP) is 2.96. The second-order valence-electron chi connectivity index (χ2n) is 5.50. The molecule has 20 heavy (non-hydrogen) atoms. The minimum absolute atomic E-state index is 0.597. The molecular formula is C16H24N4. The Balaban J connectivity index is 1.89. The zero-order valence-electron chi connectivity index (χ0n) is 12.6. The van der Waals surface area contributed by atoms with Crippen molar-refractivity contribution in [3.05, 3.63) is 30.3 Å². The summed E-state index contributed by atoms with van der Waals surface area (Å²) in [7, 11) is 2.16. The summed E-state index contributed by atoms with van der Waals surface area (Å²) in [5.41, 5.74) is 7.51. The van der Waals surface area contributed by atoms with E-state index in [1.165, 1.54) is 0 Å². The van der Waals surface area contributed by atoms with Crippen LogP contribution in [0.15, 0.2) is 30.3 Å². The minimum atomic E-state index is 0.597. The van der Waals surface area contributed by atoms with Gasteiger partial charge in [0.05, 0.1) is 5.52 Å². The van der Waals surface area contributed by atoms with E-state index in [1.807, 2.05) is 24.3 Å². The fraction of sp³-hybridized carbons (Fsp3) is 0.438. The number of anilines is 2. The van der Waals surface area contributed by atoms with Crippen molar-refractivity contribution in [1.29, 1.82) is 0 Å². The first kappa shape index (κ1) is 14.6. The number of nitrogens with two attached hydrogens (primary N) is 1. The number of aromatic nitrogens is 1. The number of nitrogens with zero attached hydrogens (tertiary/aromatic N) is 2. The van der Waals surface area contributed by atoms with Gasteiger partial charge in [0.2, 0.25) is 0 Å². The Morgan fingerprint density at radius 2 is 2.05 bits per heavy atom. The normalized spacial score (nSPS) is 11.4. The van der Waals surface area contributed by atoms with Crippen LogP contribution in [0.25, 0.3) is 10.9 Å². The quantitative estimate of drug-likeness (QED) is 0.627. The molecule has 0 aliphatic carbocycles. The molecule has 0 bridgehead atoms. The van der Waals surface area contributed by atoms with Crippen molar-refractivity contribution in [2.45, 2.75) is 26.3 Å². The van der Waals surface area contributed by atoms with Crippen LogP contribution in [0, 0.1) is 0 Å². The molecule has 0 atom stereocenters. The molecular weight excluding hydrogens is 248 g/mol. The summed E-state index contributed by atoms with van der Waals surface area (Å²) in [6, 6.07) is 10.5. The van der Waals surface area contributed by atoms with Crippen LogP contribution in [0.3, 0.4) is 0 Å². The molecule has 1 aromatic heterocycles. The molecule has 0 spiro atoms. The molecule has 2 aromatic rings. The lowest BCUT2D eigenvalue weighted by atomic mass is 10.2. The summed E-state index contributed by atoms with van der Waals surface area (Å²) in [6.07, 6.45) is 1.11. The summed E-state index contributed by atoms with van der Waals surface area (Å²) in [4.78, 5) is 6.93. The van der Waals surface area contributed by atoms with Gasteiger partial charge in [-0.3, -0.25) is 0 Å². The average Bonchev–Trinajstić information content (AvgIpc) is 2.43. The SMILES string of the molecule is CC(C)N(C)CCCNc1ccc2cc(N)ccc2n1. The van der Waals surface area contributed by atoms with Gasteiger partial charge in [0, 0.05) is 23.7 Å². The summed E-state index contributed by atoms with van der Waals surface area (Å²) in [6.45, 7) is 6.45. The van der Waals surface area contributed by atoms with Crippen LogP contribution < -0.4 is 11.1 Å². The maximum absolute atomic E-state index is 5.76. The van der Waals surface area contributed by atoms with Gasteiger partial charge >= 0.3 is 0 Å². The van der Waals surface area contributed by atoms with Crippen molar-refractivity contribution in [1.82, 2.24) is 9.88 Å². The lowest BCUT2D eigenvalue weighted by molar-refractivity contribution is 0.273. The zero-order valence-corrected chi connectivity index (χ0v) is 12.6. The fourth-order valence-corrected chi connectivity index (χ4v) is 2.05. The Bertz CT molecular complexity index is 565. The van der Waals surface area contributed by atoms with E-state index in [2.05, 4.69) is 42.2 Å². The molecule has 4 nitrogen and oxygen atoms in total. The molecule has 3 N–H and O–H groups in total. The largest absolute Gasteiger partial charge is 0.399 e. The first-order valence-corrected chi connectivity index (χ1v) is 7.16. The number of rotatable bonds is 6. The van der Waals surface area contributed by atoms with Crippen LogP contribution in [0.4, 0.5) is 11.5 Å². The van der Waals surface area contributed by atoms with Crippen LogP contribution >= 0.6 is 0 Å². The molecule has 0 saturated carbocycles. The molecule has 2 rings (SSSR count). The van der Waals surface area contributed by atoms with E-state index >= 15 is 0 Å². The third kappa shape index (κ3) is 3.84. The topological polar surface area (TPSA) is 54.2 Å². The minimum Gasteiger partial charge on any atom is -0.399 e. The molecule has 0 fully saturated rings. The van der Waals surface area contributed by atoms with E-state index in [4.69, 9.17) is 5.73 Å². The van der Waals surface area contributed by atoms with Crippen LogP contribution in [-0.4, -0.2) is 36.1 Å². The number of fused-ring (bicyclic) bond motifs is 1. The highest BCUT2D eigenvalue weighted by Gasteiger charge is 2.02. The predicted molar refractivity (Wildman–Crippen MR) is 87.0 cm³/mol. The van der Waals surface area contributed by atoms with Gasteiger partial charge in [-0.2, -0.15) is 0 Å². The second kappa shape index (κ2) is 6.57. The van der Waals surface area contributed by atoms with Crippen molar-refractivity contribution < 1.29 is 0 Å². The Kier molecular flexibility index (Phi) is 4.79. The zero-order chi connectivity index (χ0) is 14.5. The van der Waals surface area contributed by atoms with Crippen molar-refractivity contribution >= 4 is 22.4 Å². The van der Waals surface area contributed by atoms with Crippen LogP contribution in [-0.2, 0) is 0 Å². The molecule has 4 heteroatoms. The van der Waals surface area contributed by atoms with E-state index in [0.717, 1.165) is 41.9 Å². The summed E-state index contributed by atoms with van der Waals surface area (Å²) in [5.74, 6) is 0.925. The standard InChI is InChI=1S/C16H24N4/c1-12(2)20(3)10-4-9-18-16-8-5-13-11-14(17)6-7-15(13)19-16/h5-8,11-12H,4,9-10,17H2,1-3H3,(H,18,19). The number of nitrogens with one attached hydrogen (secondary N) is 1. The molecule has 1 heterocycles. The first-order valence-electron chi connectivity index (χ1n) is 7.16. The smallest absolute Gasteiger partial charge is 0.126 e. The Labute approximate surface area is 121 Å². The van der Waals surface area contributed by atoms with Crippen molar-refractivity contribution in [2.75, 3.05) is 31.2 Å². The second-order valence-corrected chi connectivity index (χ2v) is 5.50. The van der Waals surface area contributed by atoms with Crippen molar-refractivity contribution in [2.24, 2.45) is 0 Å². The number of nitrogen functional groups attached to an aromatic ring is 1. The third-order valence-electron chi connectivity index (χ3n) is 3.59. The third-order valence-corrected chi connectivity index (χ3v) is 3.59. The highest BCUT2D eigenvalue weighted by molar-refractivity contribution is 5.83. The van der Waals surface area contributed by atoms with Crippen molar-refractivity contribution in [3.63, 3.8) is 0 Å². The lowest BCUT2D eigenvalue weighted by Crippen LogP contribution is -2.28. The number of pyridine rings is 1. The van der Waals surface area contributed by atoms with Crippen LogP contribution in [0.5, 0.6) is 0 Å². The van der Waals surface area contributed by atoms with Gasteiger partial charge in [-0.05, 0) is 64.2 Å². The first-order chi connectivity index (χ1) is 9.56. The van der Waals surface area contributed by atoms with Gasteiger partial charge in [0.1, 0.15) is 5.82 Å². The Morgan fingerprint density at radius 1 is 1.25 bits per heavy atom. The number of hydrogen-bond donors (Lipinski definition) is 2. The van der Waals surface area contributed by atoms with E-state index in [0.29, 0.717) is 6.04 Å². The van der Waals surface area contributed by atoms with E-state index in [-0.39, 0.29) is 0 Å². The molecule has 0 saturated heterocycles. The summed E-state index contributed by atoms with van der Waals surface area (Å²) in [5, 5.41) is 4.46. The molecule has 0 amide bonds. The maximum Gasteiger partial charge on any atom is 0.126 e. The van der Waals surface area contributed by atoms with Gasteiger partial charge in [0.15, 0.2) is 0 Å². The lowest BCUT2D eigenvalue weighted by Gasteiger charge is -2.20. The van der Waals surface area contributed by atoms with Gasteiger partial charge in [-0.1, -0.05) is 0 Å². The van der Waals surface area contributed by atoms with Gasteiger partial charge in [-0.25, -0.2) is 4.98 Å². The Hall–Kier alpha value is -1.81. The highest BCUT2D eigenvalue weighted by Crippen LogP contribution is 2.17. The van der Waals surface area contributed by atoms with Crippen LogP contribution in [0.2, 0.25) is 0 Å². The molecule has 1 aromatic carbocycles. The Morgan fingerprint density at radius 3 is 2.80 bits per heavy atom. The summed E-state index contributed by atoms with van der Waals surface area (Å²) >= 11 is 0. The average molecular weight is 272 g/mol. The fourth-order valence-electron chi connectivity index (χ4n) is 2.05. The molecule has 0 radical (unpaired) electrons. The van der Waals surface area contributed by atoms with E-state index in [9.17, 15) is 0 Å². The highest BCUT2D eigenvalue weighted by atomic mass is 15.1.